The number of ether oxygens (including phenoxy) is 1. The summed E-state index contributed by atoms with van der Waals surface area (Å²) in [5, 5.41) is 28.0. The van der Waals surface area contributed by atoms with E-state index in [0.29, 0.717) is 11.3 Å². The molecule has 0 aliphatic heterocycles. The van der Waals surface area contributed by atoms with Crippen LogP contribution in [0.2, 0.25) is 5.02 Å². The summed E-state index contributed by atoms with van der Waals surface area (Å²) in [6.07, 6.45) is 0.251. The van der Waals surface area contributed by atoms with Gasteiger partial charge in [-0.15, -0.1) is 0 Å². The number of phenols is 2. The topological polar surface area (TPSA) is 87.0 Å². The third kappa shape index (κ3) is 3.38. The van der Waals surface area contributed by atoms with Gasteiger partial charge in [0.05, 0.1) is 6.61 Å². The fourth-order valence-corrected chi connectivity index (χ4v) is 2.05. The fraction of sp³-hybridized carbons (Fsp3) is 0.133. The Labute approximate surface area is 126 Å². The van der Waals surface area contributed by atoms with Crippen LogP contribution in [0, 0.1) is 0 Å². The molecule has 0 fully saturated rings. The monoisotopic (exact) mass is 308 g/mol. The van der Waals surface area contributed by atoms with E-state index in [1.165, 1.54) is 6.07 Å². The lowest BCUT2D eigenvalue weighted by Crippen LogP contribution is -2.04. The second-order valence-corrected chi connectivity index (χ2v) is 4.69. The van der Waals surface area contributed by atoms with E-state index in [9.17, 15) is 15.0 Å². The third-order valence-electron chi connectivity index (χ3n) is 2.91. The molecule has 3 N–H and O–H groups in total. The van der Waals surface area contributed by atoms with E-state index < -0.39 is 11.7 Å². The number of carboxylic acids is 1. The van der Waals surface area contributed by atoms with E-state index in [0.717, 1.165) is 0 Å². The minimum absolute atomic E-state index is 0.234. The number of hydrogen-bond donors (Lipinski definition) is 3. The zero-order valence-electron chi connectivity index (χ0n) is 10.9. The van der Waals surface area contributed by atoms with E-state index >= 15 is 0 Å². The number of hydrogen-bond acceptors (Lipinski definition) is 4. The Balaban J connectivity index is 2.15. The van der Waals surface area contributed by atoms with Gasteiger partial charge >= 0.3 is 5.97 Å². The molecule has 2 aromatic carbocycles. The lowest BCUT2D eigenvalue weighted by Gasteiger charge is -2.11. The lowest BCUT2D eigenvalue weighted by molar-refractivity contribution is 0.0693. The molecule has 0 aromatic heterocycles. The van der Waals surface area contributed by atoms with Crippen LogP contribution in [0.5, 0.6) is 17.2 Å². The van der Waals surface area contributed by atoms with Gasteiger partial charge in [-0.3, -0.25) is 0 Å². The molecule has 0 radical (unpaired) electrons. The van der Waals surface area contributed by atoms with Crippen molar-refractivity contribution in [1.82, 2.24) is 0 Å². The average Bonchev–Trinajstić information content (AvgIpc) is 2.48. The van der Waals surface area contributed by atoms with Gasteiger partial charge in [0, 0.05) is 6.42 Å². The molecule has 0 heterocycles. The molecule has 0 aliphatic rings. The molecule has 2 aromatic rings. The number of aromatic hydroxyl groups is 2. The van der Waals surface area contributed by atoms with Crippen molar-refractivity contribution in [2.75, 3.05) is 6.61 Å². The van der Waals surface area contributed by atoms with Gasteiger partial charge in [-0.1, -0.05) is 29.8 Å². The Hall–Kier alpha value is -2.40. The Morgan fingerprint density at radius 3 is 2.43 bits per heavy atom. The zero-order valence-corrected chi connectivity index (χ0v) is 11.7. The normalized spacial score (nSPS) is 10.3. The summed E-state index contributed by atoms with van der Waals surface area (Å²) in [6, 6.07) is 10.3. The third-order valence-corrected chi connectivity index (χ3v) is 3.27. The summed E-state index contributed by atoms with van der Waals surface area (Å²) in [5.74, 6) is -1.63. The Morgan fingerprint density at radius 1 is 1.14 bits per heavy atom. The van der Waals surface area contributed by atoms with Crippen molar-refractivity contribution < 1.29 is 24.9 Å². The number of rotatable bonds is 5. The molecule has 6 heteroatoms. The van der Waals surface area contributed by atoms with Crippen LogP contribution in [0.1, 0.15) is 15.9 Å². The van der Waals surface area contributed by atoms with Crippen LogP contribution in [0.25, 0.3) is 0 Å². The molecule has 0 unspecified atom stereocenters. The first-order valence-electron chi connectivity index (χ1n) is 6.15. The van der Waals surface area contributed by atoms with E-state index in [4.69, 9.17) is 21.4 Å². The predicted octanol–water partition coefficient (Wildman–Crippen LogP) is 3.07. The van der Waals surface area contributed by atoms with Gasteiger partial charge in [0.25, 0.3) is 0 Å². The number of carboxylic acid groups (broad SMARTS) is 1. The lowest BCUT2D eigenvalue weighted by atomic mass is 10.1. The maximum Gasteiger partial charge on any atom is 0.339 e. The van der Waals surface area contributed by atoms with Crippen LogP contribution >= 0.6 is 11.6 Å². The van der Waals surface area contributed by atoms with Crippen molar-refractivity contribution in [3.8, 4) is 17.2 Å². The molecule has 0 bridgehead atoms. The molecular formula is C15H13ClO5. The van der Waals surface area contributed by atoms with Crippen molar-refractivity contribution >= 4 is 17.6 Å². The van der Waals surface area contributed by atoms with E-state index in [1.54, 1.807) is 12.1 Å². The van der Waals surface area contributed by atoms with Crippen LogP contribution in [0.4, 0.5) is 0 Å². The average molecular weight is 309 g/mol. The summed E-state index contributed by atoms with van der Waals surface area (Å²) in [4.78, 5) is 11.0. The van der Waals surface area contributed by atoms with Gasteiger partial charge in [-0.25, -0.2) is 4.79 Å². The van der Waals surface area contributed by atoms with Gasteiger partial charge in [0.1, 0.15) is 22.1 Å². The molecule has 0 saturated heterocycles. The zero-order chi connectivity index (χ0) is 15.4. The highest BCUT2D eigenvalue weighted by molar-refractivity contribution is 6.34. The summed E-state index contributed by atoms with van der Waals surface area (Å²) < 4.78 is 5.47. The van der Waals surface area contributed by atoms with Gasteiger partial charge in [-0.05, 0) is 23.8 Å². The van der Waals surface area contributed by atoms with Gasteiger partial charge in [0.2, 0.25) is 0 Å². The molecule has 2 rings (SSSR count). The minimum atomic E-state index is -1.32. The molecule has 0 aliphatic carbocycles. The highest BCUT2D eigenvalue weighted by atomic mass is 35.5. The van der Waals surface area contributed by atoms with Crippen molar-refractivity contribution in [1.29, 1.82) is 0 Å². The second-order valence-electron chi connectivity index (χ2n) is 4.31. The number of carbonyl (C=O) groups is 1. The van der Waals surface area contributed by atoms with Crippen LogP contribution in [-0.2, 0) is 6.42 Å². The first kappa shape index (κ1) is 15.0. The number of para-hydroxylation sites is 1. The maximum absolute atomic E-state index is 11.0. The number of benzene rings is 2. The minimum Gasteiger partial charge on any atom is -0.506 e. The molecular weight excluding hydrogens is 296 g/mol. The van der Waals surface area contributed by atoms with Crippen molar-refractivity contribution in [3.05, 3.63) is 52.5 Å². The number of aromatic carboxylic acids is 1. The number of halogens is 1. The molecule has 0 saturated carbocycles. The van der Waals surface area contributed by atoms with E-state index in [1.807, 2.05) is 18.2 Å². The van der Waals surface area contributed by atoms with Gasteiger partial charge in [0.15, 0.2) is 5.75 Å². The molecule has 0 amide bonds. The molecule has 0 atom stereocenters. The molecule has 21 heavy (non-hydrogen) atoms. The van der Waals surface area contributed by atoms with Crippen molar-refractivity contribution in [2.24, 2.45) is 0 Å². The van der Waals surface area contributed by atoms with E-state index in [-0.39, 0.29) is 29.4 Å². The standard InChI is InChI=1S/C15H13ClO5/c16-12-13(17)9(8-11(14(12)18)15(19)20)6-7-21-10-4-2-1-3-5-10/h1-5,8,17-18H,6-7H2,(H,19,20). The first-order chi connectivity index (χ1) is 10.0. The Morgan fingerprint density at radius 2 is 1.81 bits per heavy atom. The number of phenolic OH excluding ortho intramolecular Hbond substituents is 1. The summed E-state index contributed by atoms with van der Waals surface area (Å²) in [7, 11) is 0. The fourth-order valence-electron chi connectivity index (χ4n) is 1.83. The molecule has 5 nitrogen and oxygen atoms in total. The van der Waals surface area contributed by atoms with Gasteiger partial charge in [-0.2, -0.15) is 0 Å². The van der Waals surface area contributed by atoms with Crippen LogP contribution in [0.15, 0.2) is 36.4 Å². The second kappa shape index (κ2) is 6.37. The Kier molecular flexibility index (Phi) is 4.55. The first-order valence-corrected chi connectivity index (χ1v) is 6.53. The van der Waals surface area contributed by atoms with E-state index in [2.05, 4.69) is 0 Å². The largest absolute Gasteiger partial charge is 0.506 e. The Bertz CT molecular complexity index is 655. The quantitative estimate of drug-likeness (QED) is 0.790. The summed E-state index contributed by atoms with van der Waals surface area (Å²) in [5.41, 5.74) is -0.0568. The highest BCUT2D eigenvalue weighted by Crippen LogP contribution is 2.38. The molecule has 0 spiro atoms. The summed E-state index contributed by atoms with van der Waals surface area (Å²) >= 11 is 5.72. The summed E-state index contributed by atoms with van der Waals surface area (Å²) in [6.45, 7) is 0.234. The molecule has 110 valence electrons. The van der Waals surface area contributed by atoms with Crippen LogP contribution < -0.4 is 4.74 Å². The van der Waals surface area contributed by atoms with Crippen LogP contribution in [0.3, 0.4) is 0 Å². The van der Waals surface area contributed by atoms with Crippen LogP contribution in [-0.4, -0.2) is 27.9 Å². The van der Waals surface area contributed by atoms with Crippen molar-refractivity contribution in [2.45, 2.75) is 6.42 Å². The highest BCUT2D eigenvalue weighted by Gasteiger charge is 2.19. The predicted molar refractivity (Wildman–Crippen MR) is 77.4 cm³/mol. The maximum atomic E-state index is 11.0. The smallest absolute Gasteiger partial charge is 0.339 e. The van der Waals surface area contributed by atoms with Crippen molar-refractivity contribution in [3.63, 3.8) is 0 Å². The van der Waals surface area contributed by atoms with Gasteiger partial charge < -0.3 is 20.1 Å². The SMILES string of the molecule is O=C(O)c1cc(CCOc2ccccc2)c(O)c(Cl)c1O.